The molecule has 0 aromatic heterocycles. The number of nitrogens with two attached hydrogens (primary N) is 1. The SMILES string of the molecule is CC(=O)N(CCCCCN)C(C)=O. The van der Waals surface area contributed by atoms with Crippen LogP contribution < -0.4 is 5.73 Å². The fourth-order valence-electron chi connectivity index (χ4n) is 1.13. The molecule has 0 fully saturated rings. The van der Waals surface area contributed by atoms with Crippen molar-refractivity contribution in [3.8, 4) is 0 Å². The van der Waals surface area contributed by atoms with Gasteiger partial charge >= 0.3 is 0 Å². The standard InChI is InChI=1S/C9H18N2O2/c1-8(12)11(9(2)13)7-5-3-4-6-10/h3-7,10H2,1-2H3. The Kier molecular flexibility index (Phi) is 6.14. The van der Waals surface area contributed by atoms with E-state index < -0.39 is 0 Å². The fraction of sp³-hybridized carbons (Fsp3) is 0.778. The van der Waals surface area contributed by atoms with Crippen molar-refractivity contribution in [2.75, 3.05) is 13.1 Å². The zero-order valence-electron chi connectivity index (χ0n) is 8.38. The Balaban J connectivity index is 3.71. The van der Waals surface area contributed by atoms with Crippen molar-refractivity contribution >= 4 is 11.8 Å². The Bertz CT molecular complexity index is 166. The largest absolute Gasteiger partial charge is 0.330 e. The summed E-state index contributed by atoms with van der Waals surface area (Å²) in [6.07, 6.45) is 2.76. The number of amides is 2. The van der Waals surface area contributed by atoms with Gasteiger partial charge < -0.3 is 5.73 Å². The van der Waals surface area contributed by atoms with Crippen LogP contribution in [0.2, 0.25) is 0 Å². The maximum absolute atomic E-state index is 10.9. The molecule has 0 saturated heterocycles. The van der Waals surface area contributed by atoms with Crippen LogP contribution in [0.3, 0.4) is 0 Å². The number of imide groups is 1. The first-order valence-corrected chi connectivity index (χ1v) is 4.58. The number of hydrogen-bond donors (Lipinski definition) is 1. The van der Waals surface area contributed by atoms with Gasteiger partial charge in [-0.2, -0.15) is 0 Å². The van der Waals surface area contributed by atoms with Gasteiger partial charge in [-0.05, 0) is 19.4 Å². The van der Waals surface area contributed by atoms with E-state index in [2.05, 4.69) is 0 Å². The van der Waals surface area contributed by atoms with Crippen molar-refractivity contribution in [3.05, 3.63) is 0 Å². The normalized spacial score (nSPS) is 9.77. The van der Waals surface area contributed by atoms with Crippen LogP contribution in [0, 0.1) is 0 Å². The maximum atomic E-state index is 10.9. The Morgan fingerprint density at radius 1 is 1.08 bits per heavy atom. The molecule has 0 radical (unpaired) electrons. The van der Waals surface area contributed by atoms with Gasteiger partial charge in [-0.15, -0.1) is 0 Å². The van der Waals surface area contributed by atoms with E-state index in [0.717, 1.165) is 19.3 Å². The van der Waals surface area contributed by atoms with Crippen molar-refractivity contribution in [1.29, 1.82) is 0 Å². The third-order valence-corrected chi connectivity index (χ3v) is 1.85. The monoisotopic (exact) mass is 186 g/mol. The molecule has 0 aliphatic heterocycles. The molecular formula is C9H18N2O2. The average Bonchev–Trinajstić information content (AvgIpc) is 2.02. The third-order valence-electron chi connectivity index (χ3n) is 1.85. The second-order valence-corrected chi connectivity index (χ2v) is 3.04. The van der Waals surface area contributed by atoms with Gasteiger partial charge in [-0.25, -0.2) is 0 Å². The van der Waals surface area contributed by atoms with E-state index in [0.29, 0.717) is 13.1 Å². The van der Waals surface area contributed by atoms with Gasteiger partial charge in [0.05, 0.1) is 0 Å². The van der Waals surface area contributed by atoms with E-state index in [-0.39, 0.29) is 11.8 Å². The van der Waals surface area contributed by atoms with Crippen molar-refractivity contribution in [2.45, 2.75) is 33.1 Å². The minimum absolute atomic E-state index is 0.180. The fourth-order valence-corrected chi connectivity index (χ4v) is 1.13. The molecule has 0 unspecified atom stereocenters. The van der Waals surface area contributed by atoms with Crippen molar-refractivity contribution in [3.63, 3.8) is 0 Å². The lowest BCUT2D eigenvalue weighted by Gasteiger charge is -2.16. The van der Waals surface area contributed by atoms with Crippen LogP contribution in [0.1, 0.15) is 33.1 Å². The molecule has 0 aliphatic rings. The molecule has 0 rings (SSSR count). The summed E-state index contributed by atoms with van der Waals surface area (Å²) in [6.45, 7) is 4.00. The lowest BCUT2D eigenvalue weighted by Crippen LogP contribution is -2.34. The topological polar surface area (TPSA) is 63.4 Å². The van der Waals surface area contributed by atoms with Crippen molar-refractivity contribution in [2.24, 2.45) is 5.73 Å². The number of unbranched alkanes of at least 4 members (excludes halogenated alkanes) is 2. The highest BCUT2D eigenvalue weighted by atomic mass is 16.2. The molecule has 13 heavy (non-hydrogen) atoms. The average molecular weight is 186 g/mol. The summed E-state index contributed by atoms with van der Waals surface area (Å²) in [5.74, 6) is -0.361. The van der Waals surface area contributed by atoms with Gasteiger partial charge in [-0.1, -0.05) is 6.42 Å². The molecule has 0 aromatic rings. The molecule has 76 valence electrons. The van der Waals surface area contributed by atoms with Gasteiger partial charge in [0.25, 0.3) is 0 Å². The highest BCUT2D eigenvalue weighted by Crippen LogP contribution is 1.99. The number of nitrogens with zero attached hydrogens (tertiary/aromatic N) is 1. The lowest BCUT2D eigenvalue weighted by molar-refractivity contribution is -0.142. The van der Waals surface area contributed by atoms with Crippen LogP contribution in [0.5, 0.6) is 0 Å². The van der Waals surface area contributed by atoms with Crippen molar-refractivity contribution < 1.29 is 9.59 Å². The van der Waals surface area contributed by atoms with E-state index in [4.69, 9.17) is 5.73 Å². The summed E-state index contributed by atoms with van der Waals surface area (Å²) in [4.78, 5) is 23.1. The van der Waals surface area contributed by atoms with E-state index in [1.165, 1.54) is 18.7 Å². The molecule has 2 N–H and O–H groups in total. The van der Waals surface area contributed by atoms with Crippen LogP contribution in [-0.4, -0.2) is 29.8 Å². The highest BCUT2D eigenvalue weighted by Gasteiger charge is 2.11. The summed E-state index contributed by atoms with van der Waals surface area (Å²) < 4.78 is 0. The summed E-state index contributed by atoms with van der Waals surface area (Å²) in [6, 6.07) is 0. The zero-order valence-corrected chi connectivity index (χ0v) is 8.38. The Morgan fingerprint density at radius 3 is 2.00 bits per heavy atom. The minimum atomic E-state index is -0.180. The summed E-state index contributed by atoms with van der Waals surface area (Å²) in [5, 5.41) is 0. The molecule has 2 amide bonds. The van der Waals surface area contributed by atoms with Gasteiger partial charge in [0.2, 0.25) is 11.8 Å². The van der Waals surface area contributed by atoms with Crippen molar-refractivity contribution in [1.82, 2.24) is 4.90 Å². The van der Waals surface area contributed by atoms with Crippen LogP contribution in [0.15, 0.2) is 0 Å². The van der Waals surface area contributed by atoms with Crippen LogP contribution in [0.25, 0.3) is 0 Å². The van der Waals surface area contributed by atoms with E-state index in [9.17, 15) is 9.59 Å². The minimum Gasteiger partial charge on any atom is -0.330 e. The highest BCUT2D eigenvalue weighted by molar-refractivity contribution is 5.92. The second kappa shape index (κ2) is 6.60. The first-order chi connectivity index (χ1) is 6.09. The molecule has 0 spiro atoms. The van der Waals surface area contributed by atoms with Crippen LogP contribution >= 0.6 is 0 Å². The van der Waals surface area contributed by atoms with Crippen LogP contribution in [0.4, 0.5) is 0 Å². The molecule has 0 aromatic carbocycles. The first kappa shape index (κ1) is 12.1. The van der Waals surface area contributed by atoms with Gasteiger partial charge in [-0.3, -0.25) is 14.5 Å². The Morgan fingerprint density at radius 2 is 1.62 bits per heavy atom. The predicted octanol–water partition coefficient (Wildman–Crippen LogP) is 0.510. The second-order valence-electron chi connectivity index (χ2n) is 3.04. The molecule has 0 bridgehead atoms. The molecular weight excluding hydrogens is 168 g/mol. The lowest BCUT2D eigenvalue weighted by atomic mass is 10.2. The van der Waals surface area contributed by atoms with E-state index in [1.807, 2.05) is 0 Å². The van der Waals surface area contributed by atoms with Gasteiger partial charge in [0, 0.05) is 20.4 Å². The Labute approximate surface area is 79.1 Å². The number of carbonyl (C=O) groups excluding carboxylic acids is 2. The van der Waals surface area contributed by atoms with E-state index in [1.54, 1.807) is 0 Å². The predicted molar refractivity (Wildman–Crippen MR) is 51.0 cm³/mol. The van der Waals surface area contributed by atoms with E-state index >= 15 is 0 Å². The summed E-state index contributed by atoms with van der Waals surface area (Å²) in [5.41, 5.74) is 5.32. The van der Waals surface area contributed by atoms with Gasteiger partial charge in [0.15, 0.2) is 0 Å². The smallest absolute Gasteiger partial charge is 0.226 e. The molecule has 0 heterocycles. The number of hydrogen-bond acceptors (Lipinski definition) is 3. The maximum Gasteiger partial charge on any atom is 0.226 e. The molecule has 0 aliphatic carbocycles. The van der Waals surface area contributed by atoms with Crippen LogP contribution in [-0.2, 0) is 9.59 Å². The number of rotatable bonds is 5. The first-order valence-electron chi connectivity index (χ1n) is 4.58. The summed E-state index contributed by atoms with van der Waals surface area (Å²) >= 11 is 0. The molecule has 4 nitrogen and oxygen atoms in total. The Hall–Kier alpha value is -0.900. The third kappa shape index (κ3) is 5.36. The van der Waals surface area contributed by atoms with Gasteiger partial charge in [0.1, 0.15) is 0 Å². The molecule has 0 atom stereocenters. The molecule has 4 heteroatoms. The molecule has 0 saturated carbocycles. The zero-order chi connectivity index (χ0) is 10.3. The number of carbonyl (C=O) groups is 2. The quantitative estimate of drug-likeness (QED) is 0.636. The summed E-state index contributed by atoms with van der Waals surface area (Å²) in [7, 11) is 0.